The zero-order chi connectivity index (χ0) is 19.4. The molecule has 0 radical (unpaired) electrons. The van der Waals surface area contributed by atoms with Gasteiger partial charge in [0.25, 0.3) is 5.69 Å². The van der Waals surface area contributed by atoms with Gasteiger partial charge in [-0.3, -0.25) is 14.9 Å². The molecule has 0 aliphatic carbocycles. The van der Waals surface area contributed by atoms with E-state index in [1.54, 1.807) is 12.1 Å². The van der Waals surface area contributed by atoms with Crippen LogP contribution in [-0.4, -0.2) is 10.7 Å². The van der Waals surface area contributed by atoms with Gasteiger partial charge in [0.15, 0.2) is 5.78 Å². The highest BCUT2D eigenvalue weighted by Gasteiger charge is 2.22. The van der Waals surface area contributed by atoms with Crippen molar-refractivity contribution in [3.63, 3.8) is 0 Å². The molecule has 0 bridgehead atoms. The van der Waals surface area contributed by atoms with Gasteiger partial charge in [-0.2, -0.15) is 5.26 Å². The van der Waals surface area contributed by atoms with Crippen molar-refractivity contribution in [3.8, 4) is 6.07 Å². The molecule has 0 saturated carbocycles. The van der Waals surface area contributed by atoms with Crippen LogP contribution >= 0.6 is 23.1 Å². The van der Waals surface area contributed by atoms with E-state index < -0.39 is 4.92 Å². The number of nitrogens with zero attached hydrogens (tertiary/aromatic N) is 2. The van der Waals surface area contributed by atoms with Crippen molar-refractivity contribution in [1.82, 2.24) is 0 Å². The Kier molecular flexibility index (Phi) is 5.54. The summed E-state index contributed by atoms with van der Waals surface area (Å²) in [6.07, 6.45) is 0. The van der Waals surface area contributed by atoms with Crippen molar-refractivity contribution >= 4 is 45.9 Å². The monoisotopic (exact) mass is 395 g/mol. The molecule has 1 heterocycles. The van der Waals surface area contributed by atoms with E-state index in [4.69, 9.17) is 0 Å². The molecule has 27 heavy (non-hydrogen) atoms. The maximum atomic E-state index is 12.1. The Balaban J connectivity index is 1.99. The molecule has 3 rings (SSSR count). The molecule has 0 aliphatic rings. The Labute approximate surface area is 163 Å². The molecule has 3 aromatic rings. The zero-order valence-electron chi connectivity index (χ0n) is 14.1. The average molecular weight is 395 g/mol. The van der Waals surface area contributed by atoms with Gasteiger partial charge in [0.1, 0.15) is 11.6 Å². The van der Waals surface area contributed by atoms with Crippen molar-refractivity contribution in [2.45, 2.75) is 16.0 Å². The predicted molar refractivity (Wildman–Crippen MR) is 106 cm³/mol. The Morgan fingerprint density at radius 1 is 1.19 bits per heavy atom. The van der Waals surface area contributed by atoms with Crippen LogP contribution in [0.4, 0.5) is 17.1 Å². The number of Topliss-reactive ketones (excluding diaryl/α,β-unsaturated/α-hetero) is 1. The van der Waals surface area contributed by atoms with E-state index >= 15 is 0 Å². The molecule has 2 aromatic carbocycles. The number of thiophene rings is 1. The molecule has 1 aromatic heterocycles. The number of hydrogen-bond acceptors (Lipinski definition) is 7. The number of nitriles is 1. The van der Waals surface area contributed by atoms with Crippen LogP contribution in [0.1, 0.15) is 22.2 Å². The topological polar surface area (TPSA) is 96.0 Å². The molecule has 6 nitrogen and oxygen atoms in total. The minimum Gasteiger partial charge on any atom is -0.353 e. The summed E-state index contributed by atoms with van der Waals surface area (Å²) >= 11 is 2.68. The number of nitrogens with one attached hydrogen (secondary N) is 1. The lowest BCUT2D eigenvalue weighted by atomic mass is 10.2. The first-order valence-corrected chi connectivity index (χ1v) is 9.45. The number of benzene rings is 2. The second-order valence-corrected chi connectivity index (χ2v) is 7.84. The van der Waals surface area contributed by atoms with E-state index in [0.29, 0.717) is 21.8 Å². The smallest absolute Gasteiger partial charge is 0.269 e. The van der Waals surface area contributed by atoms with Crippen LogP contribution in [0.5, 0.6) is 0 Å². The largest absolute Gasteiger partial charge is 0.353 e. The normalized spacial score (nSPS) is 10.2. The molecule has 0 saturated heterocycles. The number of non-ortho nitro benzene ring substituents is 1. The quantitative estimate of drug-likeness (QED) is 0.330. The maximum Gasteiger partial charge on any atom is 0.269 e. The number of anilines is 2. The van der Waals surface area contributed by atoms with E-state index in [1.807, 2.05) is 30.3 Å². The second-order valence-electron chi connectivity index (χ2n) is 5.48. The van der Waals surface area contributed by atoms with Crippen molar-refractivity contribution in [3.05, 3.63) is 75.2 Å². The van der Waals surface area contributed by atoms with Gasteiger partial charge in [-0.25, -0.2) is 0 Å². The Morgan fingerprint density at radius 2 is 1.85 bits per heavy atom. The molecule has 0 amide bonds. The molecular formula is C19H13N3O3S2. The summed E-state index contributed by atoms with van der Waals surface area (Å²) in [5.74, 6) is -0.152. The number of rotatable bonds is 6. The third-order valence-electron chi connectivity index (χ3n) is 3.61. The first-order valence-electron chi connectivity index (χ1n) is 7.82. The second kappa shape index (κ2) is 8.03. The highest BCUT2D eigenvalue weighted by Crippen LogP contribution is 2.43. The van der Waals surface area contributed by atoms with Crippen molar-refractivity contribution in [2.75, 3.05) is 5.32 Å². The molecular weight excluding hydrogens is 382 g/mol. The van der Waals surface area contributed by atoms with Gasteiger partial charge >= 0.3 is 0 Å². The van der Waals surface area contributed by atoms with Crippen LogP contribution in [0.15, 0.2) is 63.7 Å². The Bertz CT molecular complexity index is 1040. The lowest BCUT2D eigenvalue weighted by Crippen LogP contribution is -1.98. The number of nitro groups is 1. The molecule has 0 fully saturated rings. The molecule has 1 N–H and O–H groups in total. The molecule has 0 aliphatic heterocycles. The third kappa shape index (κ3) is 4.16. The van der Waals surface area contributed by atoms with Crippen LogP contribution in [0.2, 0.25) is 0 Å². The van der Waals surface area contributed by atoms with Crippen LogP contribution in [0.25, 0.3) is 0 Å². The van der Waals surface area contributed by atoms with Crippen molar-refractivity contribution in [2.24, 2.45) is 0 Å². The van der Waals surface area contributed by atoms with Gasteiger partial charge in [-0.1, -0.05) is 30.0 Å². The lowest BCUT2D eigenvalue weighted by molar-refractivity contribution is -0.384. The van der Waals surface area contributed by atoms with Crippen LogP contribution in [0, 0.1) is 21.4 Å². The number of ketones is 1. The highest BCUT2D eigenvalue weighted by molar-refractivity contribution is 8.01. The standard InChI is InChI=1S/C19H13N3O3S2/c1-12(23)18-17(21-13-7-9-14(10-8-13)22(24)25)16(11-20)19(27-18)26-15-5-3-2-4-6-15/h2-10,21H,1H3. The zero-order valence-corrected chi connectivity index (χ0v) is 15.8. The van der Waals surface area contributed by atoms with Gasteiger partial charge in [0.2, 0.25) is 0 Å². The van der Waals surface area contributed by atoms with E-state index in [-0.39, 0.29) is 11.5 Å². The summed E-state index contributed by atoms with van der Waals surface area (Å²) in [4.78, 5) is 23.8. The Hall–Kier alpha value is -3.15. The van der Waals surface area contributed by atoms with Crippen LogP contribution < -0.4 is 5.32 Å². The van der Waals surface area contributed by atoms with Crippen molar-refractivity contribution in [1.29, 1.82) is 5.26 Å². The van der Waals surface area contributed by atoms with Gasteiger partial charge in [0, 0.05) is 29.6 Å². The fourth-order valence-electron chi connectivity index (χ4n) is 2.36. The fourth-order valence-corrected chi connectivity index (χ4v) is 4.65. The van der Waals surface area contributed by atoms with Crippen LogP contribution in [-0.2, 0) is 0 Å². The minimum atomic E-state index is -0.481. The number of carbonyl (C=O) groups excluding carboxylic acids is 1. The minimum absolute atomic E-state index is 0.0292. The van der Waals surface area contributed by atoms with Gasteiger partial charge in [0.05, 0.1) is 19.7 Å². The third-order valence-corrected chi connectivity index (χ3v) is 6.09. The van der Waals surface area contributed by atoms with Gasteiger partial charge < -0.3 is 5.32 Å². The summed E-state index contributed by atoms with van der Waals surface area (Å²) in [6.45, 7) is 1.45. The average Bonchev–Trinajstić information content (AvgIpc) is 3.00. The number of hydrogen-bond donors (Lipinski definition) is 1. The van der Waals surface area contributed by atoms with E-state index in [1.165, 1.54) is 42.2 Å². The fraction of sp³-hybridized carbons (Fsp3) is 0.0526. The summed E-state index contributed by atoms with van der Waals surface area (Å²) in [5.41, 5.74) is 1.35. The van der Waals surface area contributed by atoms with Crippen LogP contribution in [0.3, 0.4) is 0 Å². The summed E-state index contributed by atoms with van der Waals surface area (Å²) < 4.78 is 0.721. The maximum absolute atomic E-state index is 12.1. The Morgan fingerprint density at radius 3 is 2.41 bits per heavy atom. The molecule has 0 spiro atoms. The predicted octanol–water partition coefficient (Wildman–Crippen LogP) is 5.63. The summed E-state index contributed by atoms with van der Waals surface area (Å²) in [7, 11) is 0. The summed E-state index contributed by atoms with van der Waals surface area (Å²) in [5, 5.41) is 23.5. The summed E-state index contributed by atoms with van der Waals surface area (Å²) in [6, 6.07) is 17.6. The molecule has 8 heteroatoms. The molecule has 134 valence electrons. The van der Waals surface area contributed by atoms with Gasteiger partial charge in [-0.15, -0.1) is 11.3 Å². The first-order chi connectivity index (χ1) is 13.0. The van der Waals surface area contributed by atoms with Crippen molar-refractivity contribution < 1.29 is 9.72 Å². The lowest BCUT2D eigenvalue weighted by Gasteiger charge is -2.07. The molecule has 0 atom stereocenters. The molecule has 0 unspecified atom stereocenters. The van der Waals surface area contributed by atoms with E-state index in [2.05, 4.69) is 11.4 Å². The first kappa shape index (κ1) is 18.6. The highest BCUT2D eigenvalue weighted by atomic mass is 32.2. The SMILES string of the molecule is CC(=O)c1sc(Sc2ccccc2)c(C#N)c1Nc1ccc([N+](=O)[O-])cc1. The van der Waals surface area contributed by atoms with Gasteiger partial charge in [-0.05, 0) is 24.3 Å². The van der Waals surface area contributed by atoms with E-state index in [0.717, 1.165) is 9.10 Å². The number of nitro benzene ring substituents is 1. The van der Waals surface area contributed by atoms with E-state index in [9.17, 15) is 20.2 Å². The number of carbonyl (C=O) groups is 1.